The Morgan fingerprint density at radius 3 is 2.45 bits per heavy atom. The van der Waals surface area contributed by atoms with Crippen molar-refractivity contribution < 1.29 is 19.1 Å². The van der Waals surface area contributed by atoms with E-state index in [9.17, 15) is 9.59 Å². The molecule has 1 amide bonds. The summed E-state index contributed by atoms with van der Waals surface area (Å²) >= 11 is 0. The van der Waals surface area contributed by atoms with Crippen molar-refractivity contribution in [1.29, 1.82) is 0 Å². The van der Waals surface area contributed by atoms with Crippen molar-refractivity contribution >= 4 is 11.7 Å². The third kappa shape index (κ3) is 3.04. The van der Waals surface area contributed by atoms with E-state index >= 15 is 0 Å². The summed E-state index contributed by atoms with van der Waals surface area (Å²) in [6, 6.07) is 17.5. The molecule has 2 aromatic carbocycles. The number of para-hydroxylation sites is 1. The van der Waals surface area contributed by atoms with E-state index < -0.39 is 11.0 Å². The van der Waals surface area contributed by atoms with Gasteiger partial charge in [-0.25, -0.2) is 0 Å². The summed E-state index contributed by atoms with van der Waals surface area (Å²) in [7, 11) is 0. The number of hydrogen-bond acceptors (Lipinski definition) is 4. The fourth-order valence-electron chi connectivity index (χ4n) is 5.09. The molecule has 3 heterocycles. The van der Waals surface area contributed by atoms with E-state index in [1.807, 2.05) is 59.5 Å². The molecule has 0 unspecified atom stereocenters. The molecule has 5 heteroatoms. The van der Waals surface area contributed by atoms with Crippen LogP contribution in [-0.4, -0.2) is 48.5 Å². The molecular formula is C24H25NO4. The molecule has 2 aromatic rings. The van der Waals surface area contributed by atoms with Crippen molar-refractivity contribution in [2.45, 2.75) is 36.7 Å². The van der Waals surface area contributed by atoms with Crippen molar-refractivity contribution in [3.63, 3.8) is 0 Å². The first-order chi connectivity index (χ1) is 14.1. The Balaban J connectivity index is 1.42. The zero-order valence-electron chi connectivity index (χ0n) is 16.4. The van der Waals surface area contributed by atoms with Crippen molar-refractivity contribution in [1.82, 2.24) is 4.90 Å². The van der Waals surface area contributed by atoms with E-state index in [1.165, 1.54) is 0 Å². The Bertz CT molecular complexity index is 935. The smallest absolute Gasteiger partial charge is 0.233 e. The molecule has 0 radical (unpaired) electrons. The number of benzene rings is 2. The number of rotatable bonds is 2. The lowest BCUT2D eigenvalue weighted by molar-refractivity contribution is -0.141. The molecule has 0 bridgehead atoms. The number of fused-ring (bicyclic) bond motifs is 1. The average Bonchev–Trinajstić information content (AvgIpc) is 3.17. The van der Waals surface area contributed by atoms with Crippen LogP contribution in [-0.2, 0) is 14.9 Å². The van der Waals surface area contributed by atoms with Gasteiger partial charge in [-0.05, 0) is 30.5 Å². The Morgan fingerprint density at radius 2 is 1.66 bits per heavy atom. The highest BCUT2D eigenvalue weighted by molar-refractivity contribution is 6.00. The van der Waals surface area contributed by atoms with Gasteiger partial charge >= 0.3 is 0 Å². The fourth-order valence-corrected chi connectivity index (χ4v) is 5.09. The van der Waals surface area contributed by atoms with Crippen LogP contribution in [0.5, 0.6) is 5.75 Å². The van der Waals surface area contributed by atoms with Crippen LogP contribution in [0.4, 0.5) is 0 Å². The first-order valence-electron chi connectivity index (χ1n) is 10.4. The predicted molar refractivity (Wildman–Crippen MR) is 108 cm³/mol. The van der Waals surface area contributed by atoms with Gasteiger partial charge in [-0.3, -0.25) is 9.59 Å². The minimum atomic E-state index is -0.607. The maximum Gasteiger partial charge on any atom is 0.233 e. The number of likely N-dealkylation sites (tertiary alicyclic amines) is 1. The monoisotopic (exact) mass is 391 g/mol. The molecule has 0 aromatic heterocycles. The van der Waals surface area contributed by atoms with E-state index in [-0.39, 0.29) is 11.7 Å². The minimum absolute atomic E-state index is 0.102. The molecule has 2 fully saturated rings. The molecule has 3 aliphatic heterocycles. The number of hydrogen-bond donors (Lipinski definition) is 0. The number of amides is 1. The molecule has 29 heavy (non-hydrogen) atoms. The van der Waals surface area contributed by atoms with Gasteiger partial charge in [0.15, 0.2) is 5.78 Å². The molecule has 0 aliphatic carbocycles. The summed E-state index contributed by atoms with van der Waals surface area (Å²) in [6.45, 7) is 2.25. The van der Waals surface area contributed by atoms with Crippen LogP contribution in [0.1, 0.15) is 41.6 Å². The second kappa shape index (κ2) is 6.99. The van der Waals surface area contributed by atoms with Gasteiger partial charge in [0.25, 0.3) is 0 Å². The molecular weight excluding hydrogens is 366 g/mol. The Morgan fingerprint density at radius 1 is 0.931 bits per heavy atom. The van der Waals surface area contributed by atoms with Crippen molar-refractivity contribution in [2.24, 2.45) is 0 Å². The first kappa shape index (κ1) is 18.4. The number of Topliss-reactive ketones (excluding diaryl/α,β-unsaturated/α-hetero) is 1. The number of ketones is 1. The average molecular weight is 391 g/mol. The summed E-state index contributed by atoms with van der Waals surface area (Å²) in [5.74, 6) is 0.880. The van der Waals surface area contributed by atoms with Gasteiger partial charge in [0.1, 0.15) is 11.4 Å². The molecule has 5 nitrogen and oxygen atoms in total. The first-order valence-corrected chi connectivity index (χ1v) is 10.4. The van der Waals surface area contributed by atoms with Gasteiger partial charge in [-0.2, -0.15) is 0 Å². The zero-order valence-corrected chi connectivity index (χ0v) is 16.4. The Hall–Kier alpha value is -2.66. The van der Waals surface area contributed by atoms with E-state index in [0.29, 0.717) is 63.3 Å². The number of carbonyl (C=O) groups excluding carboxylic acids is 2. The van der Waals surface area contributed by atoms with E-state index in [2.05, 4.69) is 0 Å². The molecule has 150 valence electrons. The molecule has 2 saturated heterocycles. The third-order valence-corrected chi connectivity index (χ3v) is 6.68. The summed E-state index contributed by atoms with van der Waals surface area (Å²) in [5, 5.41) is 0. The Kier molecular flexibility index (Phi) is 4.43. The van der Waals surface area contributed by atoms with E-state index in [1.54, 1.807) is 0 Å². The highest BCUT2D eigenvalue weighted by atomic mass is 16.5. The van der Waals surface area contributed by atoms with Crippen LogP contribution in [0, 0.1) is 0 Å². The molecule has 1 atom stereocenters. The van der Waals surface area contributed by atoms with Gasteiger partial charge in [0.2, 0.25) is 5.91 Å². The maximum atomic E-state index is 13.8. The Labute approximate surface area is 170 Å². The molecule has 5 rings (SSSR count). The van der Waals surface area contributed by atoms with Crippen molar-refractivity contribution in [3.8, 4) is 5.75 Å². The van der Waals surface area contributed by atoms with Gasteiger partial charge < -0.3 is 14.4 Å². The predicted octanol–water partition coefficient (Wildman–Crippen LogP) is 3.37. The summed E-state index contributed by atoms with van der Waals surface area (Å²) in [6.07, 6.45) is 2.37. The van der Waals surface area contributed by atoms with Gasteiger partial charge in [-0.1, -0.05) is 42.5 Å². The SMILES string of the molecule is O=C1C[C@@]2(CCN(C(=O)C3(c4ccccc4)CCOCC3)C2)Oc2ccccc21. The van der Waals surface area contributed by atoms with Crippen LogP contribution >= 0.6 is 0 Å². The van der Waals surface area contributed by atoms with Gasteiger partial charge in [0.05, 0.1) is 23.9 Å². The molecule has 0 N–H and O–H groups in total. The highest BCUT2D eigenvalue weighted by Gasteiger charge is 2.51. The molecule has 1 spiro atoms. The second-order valence-electron chi connectivity index (χ2n) is 8.42. The normalized spacial score (nSPS) is 25.5. The summed E-state index contributed by atoms with van der Waals surface area (Å²) < 4.78 is 11.9. The van der Waals surface area contributed by atoms with Crippen LogP contribution < -0.4 is 4.74 Å². The van der Waals surface area contributed by atoms with E-state index in [4.69, 9.17) is 9.47 Å². The minimum Gasteiger partial charge on any atom is -0.484 e. The summed E-state index contributed by atoms with van der Waals surface area (Å²) in [4.78, 5) is 28.4. The maximum absolute atomic E-state index is 13.8. The van der Waals surface area contributed by atoms with E-state index in [0.717, 1.165) is 5.56 Å². The van der Waals surface area contributed by atoms with Crippen LogP contribution in [0.25, 0.3) is 0 Å². The number of nitrogens with zero attached hydrogens (tertiary/aromatic N) is 1. The molecule has 0 saturated carbocycles. The van der Waals surface area contributed by atoms with Crippen LogP contribution in [0.15, 0.2) is 54.6 Å². The largest absolute Gasteiger partial charge is 0.484 e. The zero-order chi connectivity index (χ0) is 19.9. The molecule has 3 aliphatic rings. The topological polar surface area (TPSA) is 55.8 Å². The number of carbonyl (C=O) groups is 2. The van der Waals surface area contributed by atoms with Crippen molar-refractivity contribution in [3.05, 3.63) is 65.7 Å². The number of ether oxygens (including phenoxy) is 2. The van der Waals surface area contributed by atoms with Gasteiger partial charge in [0, 0.05) is 26.2 Å². The van der Waals surface area contributed by atoms with Crippen molar-refractivity contribution in [2.75, 3.05) is 26.3 Å². The van der Waals surface area contributed by atoms with Crippen LogP contribution in [0.3, 0.4) is 0 Å². The second-order valence-corrected chi connectivity index (χ2v) is 8.42. The fraction of sp³-hybridized carbons (Fsp3) is 0.417. The standard InChI is InChI=1S/C24H25NO4/c26-20-16-23(29-21-9-5-4-8-19(20)21)10-13-25(17-23)22(27)24(11-14-28-15-12-24)18-6-2-1-3-7-18/h1-9H,10-17H2/t23-/m1/s1. The van der Waals surface area contributed by atoms with Gasteiger partial charge in [-0.15, -0.1) is 0 Å². The lowest BCUT2D eigenvalue weighted by Gasteiger charge is -2.40. The van der Waals surface area contributed by atoms with Crippen LogP contribution in [0.2, 0.25) is 0 Å². The lowest BCUT2D eigenvalue weighted by atomic mass is 9.73. The quantitative estimate of drug-likeness (QED) is 0.788. The highest BCUT2D eigenvalue weighted by Crippen LogP contribution is 2.42. The lowest BCUT2D eigenvalue weighted by Crippen LogP contribution is -2.51. The third-order valence-electron chi connectivity index (χ3n) is 6.68. The summed E-state index contributed by atoms with van der Waals surface area (Å²) in [5.41, 5.74) is 0.541.